The average molecular weight is 374 g/mol. The van der Waals surface area contributed by atoms with Crippen molar-refractivity contribution < 1.29 is 19.4 Å². The Hall–Kier alpha value is -3.60. The fraction of sp³-hybridized carbons (Fsp3) is 0.130. The molecule has 0 spiro atoms. The molecule has 1 aliphatic heterocycles. The van der Waals surface area contributed by atoms with Crippen LogP contribution in [0.3, 0.4) is 0 Å². The van der Waals surface area contributed by atoms with Crippen molar-refractivity contribution >= 4 is 16.9 Å². The van der Waals surface area contributed by atoms with E-state index in [4.69, 9.17) is 4.42 Å². The Bertz CT molecular complexity index is 1250. The zero-order valence-electron chi connectivity index (χ0n) is 15.4. The lowest BCUT2D eigenvalue weighted by Gasteiger charge is -2.21. The molecular weight excluding hydrogens is 356 g/mol. The number of phenolic OH excluding ortho intramolecular Hbond substituents is 1. The Morgan fingerprint density at radius 1 is 1.00 bits per heavy atom. The number of phenols is 1. The minimum absolute atomic E-state index is 0.0235. The third kappa shape index (κ3) is 2.81. The Morgan fingerprint density at radius 3 is 2.50 bits per heavy atom. The van der Waals surface area contributed by atoms with Crippen molar-refractivity contribution in [1.82, 2.24) is 0 Å². The van der Waals surface area contributed by atoms with E-state index >= 15 is 0 Å². The first-order chi connectivity index (χ1) is 13.4. The van der Waals surface area contributed by atoms with Crippen LogP contribution in [0, 0.1) is 0 Å². The Balaban J connectivity index is 2.26. The summed E-state index contributed by atoms with van der Waals surface area (Å²) < 4.78 is 5.86. The Kier molecular flexibility index (Phi) is 4.15. The number of hydrogen-bond donors (Lipinski definition) is 2. The molecule has 28 heavy (non-hydrogen) atoms. The van der Waals surface area contributed by atoms with Crippen LogP contribution < -0.4 is 5.43 Å². The van der Waals surface area contributed by atoms with Crippen molar-refractivity contribution in [3.05, 3.63) is 75.9 Å². The maximum atomic E-state index is 12.0. The van der Waals surface area contributed by atoms with Gasteiger partial charge in [-0.05, 0) is 41.8 Å². The van der Waals surface area contributed by atoms with Gasteiger partial charge in [-0.3, -0.25) is 4.79 Å². The summed E-state index contributed by atoms with van der Waals surface area (Å²) in [6.07, 6.45) is 0. The lowest BCUT2D eigenvalue weighted by Crippen LogP contribution is -2.06. The maximum absolute atomic E-state index is 12.0. The highest BCUT2D eigenvalue weighted by molar-refractivity contribution is 6.08. The first-order valence-electron chi connectivity index (χ1n) is 8.93. The number of aromatic carboxylic acids is 1. The molecule has 5 heteroatoms. The molecule has 0 saturated carbocycles. The normalized spacial score (nSPS) is 11.4. The summed E-state index contributed by atoms with van der Waals surface area (Å²) in [6.45, 7) is 4.01. The van der Waals surface area contributed by atoms with Crippen molar-refractivity contribution in [3.63, 3.8) is 0 Å². The van der Waals surface area contributed by atoms with Gasteiger partial charge in [-0.1, -0.05) is 26.0 Å². The number of carboxylic acids is 1. The first-order valence-corrected chi connectivity index (χ1v) is 8.93. The van der Waals surface area contributed by atoms with Gasteiger partial charge in [0.1, 0.15) is 17.1 Å². The van der Waals surface area contributed by atoms with Crippen LogP contribution in [0.15, 0.2) is 63.8 Å². The van der Waals surface area contributed by atoms with Crippen molar-refractivity contribution in [2.24, 2.45) is 0 Å². The molecule has 0 bridgehead atoms. The summed E-state index contributed by atoms with van der Waals surface area (Å²) in [7, 11) is 0. The van der Waals surface area contributed by atoms with E-state index in [1.54, 1.807) is 24.3 Å². The number of fused-ring (bicyclic) bond motifs is 2. The van der Waals surface area contributed by atoms with Crippen molar-refractivity contribution in [2.75, 3.05) is 0 Å². The minimum atomic E-state index is -1.03. The third-order valence-corrected chi connectivity index (χ3v) is 4.88. The molecule has 0 aromatic heterocycles. The topological polar surface area (TPSA) is 87.7 Å². The molecule has 0 amide bonds. The molecule has 4 rings (SSSR count). The molecule has 2 aromatic carbocycles. The summed E-state index contributed by atoms with van der Waals surface area (Å²) in [5.74, 6) is -0.586. The zero-order valence-corrected chi connectivity index (χ0v) is 15.4. The molecule has 0 fully saturated rings. The average Bonchev–Trinajstić information content (AvgIpc) is 2.65. The van der Waals surface area contributed by atoms with Gasteiger partial charge in [0.05, 0.1) is 5.56 Å². The van der Waals surface area contributed by atoms with Crippen LogP contribution >= 0.6 is 0 Å². The summed E-state index contributed by atoms with van der Waals surface area (Å²) in [4.78, 5) is 23.9. The van der Waals surface area contributed by atoms with E-state index in [2.05, 4.69) is 0 Å². The number of benzene rings is 3. The monoisotopic (exact) mass is 374 g/mol. The quantitative estimate of drug-likeness (QED) is 0.488. The van der Waals surface area contributed by atoms with E-state index in [9.17, 15) is 19.8 Å². The lowest BCUT2D eigenvalue weighted by atomic mass is 9.84. The molecule has 0 radical (unpaired) electrons. The molecule has 1 heterocycles. The molecule has 0 atom stereocenters. The number of carbonyl (C=O) groups is 1. The van der Waals surface area contributed by atoms with E-state index in [-0.39, 0.29) is 22.7 Å². The molecule has 140 valence electrons. The summed E-state index contributed by atoms with van der Waals surface area (Å²) in [6, 6.07) is 14.4. The van der Waals surface area contributed by atoms with E-state index in [1.165, 1.54) is 24.3 Å². The van der Waals surface area contributed by atoms with Gasteiger partial charge in [-0.25, -0.2) is 4.79 Å². The van der Waals surface area contributed by atoms with Gasteiger partial charge in [0.25, 0.3) is 0 Å². The van der Waals surface area contributed by atoms with Gasteiger partial charge < -0.3 is 14.6 Å². The highest BCUT2D eigenvalue weighted by Gasteiger charge is 2.24. The van der Waals surface area contributed by atoms with Gasteiger partial charge in [-0.15, -0.1) is 0 Å². The van der Waals surface area contributed by atoms with E-state index in [1.807, 2.05) is 19.9 Å². The predicted molar refractivity (Wildman–Crippen MR) is 107 cm³/mol. The molecule has 0 saturated heterocycles. The van der Waals surface area contributed by atoms with Gasteiger partial charge in [0.15, 0.2) is 5.43 Å². The zero-order chi connectivity index (χ0) is 20.0. The van der Waals surface area contributed by atoms with E-state index in [0.29, 0.717) is 33.4 Å². The van der Waals surface area contributed by atoms with Crippen LogP contribution in [-0.4, -0.2) is 16.2 Å². The number of carboxylic acid groups (broad SMARTS) is 1. The van der Waals surface area contributed by atoms with Crippen LogP contribution in [0.5, 0.6) is 5.75 Å². The van der Waals surface area contributed by atoms with Gasteiger partial charge >= 0.3 is 5.97 Å². The second-order valence-corrected chi connectivity index (χ2v) is 7.05. The van der Waals surface area contributed by atoms with Crippen LogP contribution in [0.25, 0.3) is 33.4 Å². The van der Waals surface area contributed by atoms with Crippen LogP contribution in [0.2, 0.25) is 0 Å². The highest BCUT2D eigenvalue weighted by Crippen LogP contribution is 2.44. The Labute approximate surface area is 160 Å². The second-order valence-electron chi connectivity index (χ2n) is 7.05. The standard InChI is InChI=1S/C23H18O5/c1-12(2)15-4-3-5-18(23(26)27)21(15)22-16-8-6-13(24)10-19(16)28-20-11-14(25)7-9-17(20)22/h3-12,24H,1-2H3,(H,26,27). The summed E-state index contributed by atoms with van der Waals surface area (Å²) >= 11 is 0. The molecule has 1 aliphatic carbocycles. The number of rotatable bonds is 3. The van der Waals surface area contributed by atoms with Crippen LogP contribution in [-0.2, 0) is 0 Å². The SMILES string of the molecule is CC(C)c1cccc(C(=O)O)c1-c1c2ccc(=O)cc-2oc2cc(O)ccc12. The second kappa shape index (κ2) is 6.53. The fourth-order valence-corrected chi connectivity index (χ4v) is 3.64. The maximum Gasteiger partial charge on any atom is 0.336 e. The van der Waals surface area contributed by atoms with Crippen molar-refractivity contribution in [1.29, 1.82) is 0 Å². The first kappa shape index (κ1) is 17.8. The van der Waals surface area contributed by atoms with E-state index < -0.39 is 5.97 Å². The molecular formula is C23H18O5. The molecule has 5 nitrogen and oxygen atoms in total. The van der Waals surface area contributed by atoms with Gasteiger partial charge in [-0.2, -0.15) is 0 Å². The number of aromatic hydroxyl groups is 1. The lowest BCUT2D eigenvalue weighted by molar-refractivity contribution is 0.0697. The van der Waals surface area contributed by atoms with Crippen LogP contribution in [0.1, 0.15) is 35.7 Å². The van der Waals surface area contributed by atoms with Crippen molar-refractivity contribution in [3.8, 4) is 28.2 Å². The molecule has 0 unspecified atom stereocenters. The smallest absolute Gasteiger partial charge is 0.336 e. The van der Waals surface area contributed by atoms with E-state index in [0.717, 1.165) is 5.56 Å². The summed E-state index contributed by atoms with van der Waals surface area (Å²) in [5, 5.41) is 20.4. The van der Waals surface area contributed by atoms with Crippen LogP contribution in [0.4, 0.5) is 0 Å². The number of hydrogen-bond acceptors (Lipinski definition) is 4. The summed E-state index contributed by atoms with van der Waals surface area (Å²) in [5.41, 5.74) is 3.15. The largest absolute Gasteiger partial charge is 0.508 e. The predicted octanol–water partition coefficient (Wildman–Crippen LogP) is 5.09. The minimum Gasteiger partial charge on any atom is -0.508 e. The molecule has 2 aromatic rings. The van der Waals surface area contributed by atoms with Gasteiger partial charge in [0, 0.05) is 34.2 Å². The molecule has 2 aliphatic rings. The third-order valence-electron chi connectivity index (χ3n) is 4.88. The van der Waals surface area contributed by atoms with Crippen molar-refractivity contribution in [2.45, 2.75) is 19.8 Å². The molecule has 2 N–H and O–H groups in total. The fourth-order valence-electron chi connectivity index (χ4n) is 3.64. The van der Waals surface area contributed by atoms with Gasteiger partial charge in [0.2, 0.25) is 0 Å². The Morgan fingerprint density at radius 2 is 1.79 bits per heavy atom. The highest BCUT2D eigenvalue weighted by atomic mass is 16.4.